The van der Waals surface area contributed by atoms with Crippen LogP contribution in [0.1, 0.15) is 0 Å². The standard InChI is InChI=1S/C13H13ClN2O3S/c1-19-11-5-3-10(4-6-11)16-20(17,18)13-7-2-9(14)8-12(13)15/h2-8,16H,15H2,1H3. The predicted molar refractivity (Wildman–Crippen MR) is 79.7 cm³/mol. The number of rotatable bonds is 4. The molecule has 0 unspecified atom stereocenters. The molecule has 2 aromatic carbocycles. The molecule has 0 radical (unpaired) electrons. The van der Waals surface area contributed by atoms with Gasteiger partial charge in [0.1, 0.15) is 10.6 Å². The third-order valence-corrected chi connectivity index (χ3v) is 4.29. The zero-order valence-corrected chi connectivity index (χ0v) is 12.2. The van der Waals surface area contributed by atoms with Crippen LogP contribution in [0, 0.1) is 0 Å². The smallest absolute Gasteiger partial charge is 0.263 e. The number of anilines is 2. The first-order valence-corrected chi connectivity index (χ1v) is 7.50. The molecule has 0 atom stereocenters. The first-order chi connectivity index (χ1) is 9.42. The molecule has 0 aliphatic heterocycles. The molecule has 0 fully saturated rings. The van der Waals surface area contributed by atoms with Crippen molar-refractivity contribution in [1.82, 2.24) is 0 Å². The normalized spacial score (nSPS) is 11.1. The summed E-state index contributed by atoms with van der Waals surface area (Å²) in [5.41, 5.74) is 6.20. The van der Waals surface area contributed by atoms with Gasteiger partial charge in [-0.15, -0.1) is 0 Å². The number of halogens is 1. The van der Waals surface area contributed by atoms with Crippen LogP contribution in [-0.4, -0.2) is 15.5 Å². The number of sulfonamides is 1. The molecule has 106 valence electrons. The Labute approximate surface area is 122 Å². The second-order valence-electron chi connectivity index (χ2n) is 4.02. The van der Waals surface area contributed by atoms with E-state index in [0.717, 1.165) is 0 Å². The molecule has 0 spiro atoms. The Hall–Kier alpha value is -1.92. The molecule has 3 N–H and O–H groups in total. The maximum Gasteiger partial charge on any atom is 0.263 e. The van der Waals surface area contributed by atoms with Crippen molar-refractivity contribution in [3.05, 3.63) is 47.5 Å². The van der Waals surface area contributed by atoms with E-state index in [-0.39, 0.29) is 10.6 Å². The Morgan fingerprint density at radius 2 is 1.80 bits per heavy atom. The number of hydrogen-bond donors (Lipinski definition) is 2. The van der Waals surface area contributed by atoms with E-state index in [1.165, 1.54) is 25.3 Å². The fourth-order valence-corrected chi connectivity index (χ4v) is 2.99. The van der Waals surface area contributed by atoms with Crippen molar-refractivity contribution < 1.29 is 13.2 Å². The van der Waals surface area contributed by atoms with Crippen LogP contribution in [0.25, 0.3) is 0 Å². The van der Waals surface area contributed by atoms with Crippen molar-refractivity contribution in [3.63, 3.8) is 0 Å². The number of hydrogen-bond acceptors (Lipinski definition) is 4. The van der Waals surface area contributed by atoms with E-state index < -0.39 is 10.0 Å². The summed E-state index contributed by atoms with van der Waals surface area (Å²) in [5.74, 6) is 0.638. The third-order valence-electron chi connectivity index (χ3n) is 2.60. The van der Waals surface area contributed by atoms with Gasteiger partial charge in [-0.25, -0.2) is 8.42 Å². The highest BCUT2D eigenvalue weighted by Gasteiger charge is 2.17. The number of nitrogens with two attached hydrogens (primary N) is 1. The minimum Gasteiger partial charge on any atom is -0.497 e. The number of ether oxygens (including phenoxy) is 1. The van der Waals surface area contributed by atoms with Crippen molar-refractivity contribution in [2.45, 2.75) is 4.90 Å². The van der Waals surface area contributed by atoms with E-state index >= 15 is 0 Å². The van der Waals surface area contributed by atoms with Gasteiger partial charge in [-0.05, 0) is 42.5 Å². The van der Waals surface area contributed by atoms with Crippen molar-refractivity contribution in [2.24, 2.45) is 0 Å². The van der Waals surface area contributed by atoms with Crippen LogP contribution < -0.4 is 15.2 Å². The average molecular weight is 313 g/mol. The van der Waals surface area contributed by atoms with Crippen LogP contribution in [0.5, 0.6) is 5.75 Å². The molecule has 5 nitrogen and oxygen atoms in total. The highest BCUT2D eigenvalue weighted by Crippen LogP contribution is 2.25. The molecule has 7 heteroatoms. The zero-order chi connectivity index (χ0) is 14.8. The van der Waals surface area contributed by atoms with E-state index in [0.29, 0.717) is 16.5 Å². The molecule has 0 saturated carbocycles. The van der Waals surface area contributed by atoms with Gasteiger partial charge in [0.15, 0.2) is 0 Å². The zero-order valence-electron chi connectivity index (χ0n) is 10.6. The Kier molecular flexibility index (Phi) is 4.06. The van der Waals surface area contributed by atoms with E-state index in [1.54, 1.807) is 24.3 Å². The molecule has 0 amide bonds. The molecule has 0 aliphatic rings. The van der Waals surface area contributed by atoms with Gasteiger partial charge in [0.2, 0.25) is 0 Å². The minimum absolute atomic E-state index is 0.0160. The lowest BCUT2D eigenvalue weighted by molar-refractivity contribution is 0.415. The maximum atomic E-state index is 12.2. The second-order valence-corrected chi connectivity index (χ2v) is 6.10. The molecular formula is C13H13ClN2O3S. The third kappa shape index (κ3) is 3.15. The second kappa shape index (κ2) is 5.60. The Morgan fingerprint density at radius 3 is 2.35 bits per heavy atom. The molecule has 20 heavy (non-hydrogen) atoms. The van der Waals surface area contributed by atoms with Crippen LogP contribution in [-0.2, 0) is 10.0 Å². The van der Waals surface area contributed by atoms with Gasteiger partial charge < -0.3 is 10.5 Å². The number of nitrogen functional groups attached to an aromatic ring is 1. The van der Waals surface area contributed by atoms with E-state index in [1.807, 2.05) is 0 Å². The van der Waals surface area contributed by atoms with E-state index in [2.05, 4.69) is 4.72 Å². The number of methoxy groups -OCH3 is 1. The molecule has 0 heterocycles. The Balaban J connectivity index is 2.30. The van der Waals surface area contributed by atoms with Crippen molar-refractivity contribution in [1.29, 1.82) is 0 Å². The van der Waals surface area contributed by atoms with Crippen LogP contribution in [0.2, 0.25) is 5.02 Å². The summed E-state index contributed by atoms with van der Waals surface area (Å²) >= 11 is 5.75. The van der Waals surface area contributed by atoms with Gasteiger partial charge in [0.25, 0.3) is 10.0 Å². The van der Waals surface area contributed by atoms with E-state index in [9.17, 15) is 8.42 Å². The van der Waals surface area contributed by atoms with Crippen molar-refractivity contribution in [2.75, 3.05) is 17.6 Å². The Morgan fingerprint density at radius 1 is 1.15 bits per heavy atom. The lowest BCUT2D eigenvalue weighted by Gasteiger charge is -2.10. The predicted octanol–water partition coefficient (Wildman–Crippen LogP) is 2.73. The summed E-state index contributed by atoms with van der Waals surface area (Å²) in [4.78, 5) is -0.0160. The van der Waals surface area contributed by atoms with Crippen molar-refractivity contribution >= 4 is 33.0 Å². The molecule has 0 bridgehead atoms. The Bertz CT molecular complexity index is 715. The maximum absolute atomic E-state index is 12.2. The van der Waals surface area contributed by atoms with Gasteiger partial charge >= 0.3 is 0 Å². The van der Waals surface area contributed by atoms with E-state index in [4.69, 9.17) is 22.1 Å². The topological polar surface area (TPSA) is 81.4 Å². The molecular weight excluding hydrogens is 300 g/mol. The van der Waals surface area contributed by atoms with Gasteiger partial charge in [-0.1, -0.05) is 11.6 Å². The van der Waals surface area contributed by atoms with Gasteiger partial charge in [-0.2, -0.15) is 0 Å². The average Bonchev–Trinajstić information content (AvgIpc) is 2.38. The summed E-state index contributed by atoms with van der Waals surface area (Å²) in [6.07, 6.45) is 0. The van der Waals surface area contributed by atoms with Crippen LogP contribution in [0.4, 0.5) is 11.4 Å². The van der Waals surface area contributed by atoms with Gasteiger partial charge in [-0.3, -0.25) is 4.72 Å². The summed E-state index contributed by atoms with van der Waals surface area (Å²) in [5, 5.41) is 0.380. The molecule has 2 rings (SSSR count). The SMILES string of the molecule is COc1ccc(NS(=O)(=O)c2ccc(Cl)cc2N)cc1. The van der Waals surface area contributed by atoms with Crippen LogP contribution in [0.15, 0.2) is 47.4 Å². The highest BCUT2D eigenvalue weighted by molar-refractivity contribution is 7.92. The summed E-state index contributed by atoms with van der Waals surface area (Å²) in [6.45, 7) is 0. The fourth-order valence-electron chi connectivity index (χ4n) is 1.63. The number of benzene rings is 2. The first kappa shape index (κ1) is 14.5. The van der Waals surface area contributed by atoms with Gasteiger partial charge in [0, 0.05) is 10.7 Å². The summed E-state index contributed by atoms with van der Waals surface area (Å²) < 4.78 is 31.9. The van der Waals surface area contributed by atoms with Crippen LogP contribution in [0.3, 0.4) is 0 Å². The summed E-state index contributed by atoms with van der Waals surface area (Å²) in [7, 11) is -2.22. The quantitative estimate of drug-likeness (QED) is 0.851. The fraction of sp³-hybridized carbons (Fsp3) is 0.0769. The molecule has 0 aromatic heterocycles. The van der Waals surface area contributed by atoms with Crippen molar-refractivity contribution in [3.8, 4) is 5.75 Å². The molecule has 0 aliphatic carbocycles. The molecule has 2 aromatic rings. The molecule has 0 saturated heterocycles. The highest BCUT2D eigenvalue weighted by atomic mass is 35.5. The monoisotopic (exact) mass is 312 g/mol. The largest absolute Gasteiger partial charge is 0.497 e. The lowest BCUT2D eigenvalue weighted by atomic mass is 10.3. The van der Waals surface area contributed by atoms with Gasteiger partial charge in [0.05, 0.1) is 12.8 Å². The lowest BCUT2D eigenvalue weighted by Crippen LogP contribution is -2.14. The minimum atomic E-state index is -3.75. The number of nitrogens with one attached hydrogen (secondary N) is 1. The van der Waals surface area contributed by atoms with Crippen LogP contribution >= 0.6 is 11.6 Å². The first-order valence-electron chi connectivity index (χ1n) is 5.64. The summed E-state index contributed by atoms with van der Waals surface area (Å²) in [6, 6.07) is 10.7.